The molecule has 0 aromatic heterocycles. The molecule has 0 unspecified atom stereocenters. The van der Waals surface area contributed by atoms with Gasteiger partial charge in [0.15, 0.2) is 0 Å². The van der Waals surface area contributed by atoms with Crippen molar-refractivity contribution >= 4 is 23.5 Å². The molecule has 62 valence electrons. The molecule has 5 heteroatoms. The molecule has 0 rings (SSSR count). The Hall–Kier alpha value is -1.03. The van der Waals surface area contributed by atoms with E-state index in [4.69, 9.17) is 16.7 Å². The van der Waals surface area contributed by atoms with Crippen molar-refractivity contribution in [2.24, 2.45) is 0 Å². The molecular formula is C6H7ClO4. The highest BCUT2D eigenvalue weighted by atomic mass is 35.5. The van der Waals surface area contributed by atoms with E-state index < -0.39 is 17.0 Å². The number of aliphatic carboxylic acids is 1. The van der Waals surface area contributed by atoms with Gasteiger partial charge in [-0.05, 0) is 6.92 Å². The summed E-state index contributed by atoms with van der Waals surface area (Å²) in [5.74, 6) is -2.10. The number of hydrogen-bond acceptors (Lipinski definition) is 3. The first-order valence-electron chi connectivity index (χ1n) is 2.85. The Morgan fingerprint density at radius 2 is 2.18 bits per heavy atom. The second kappa shape index (κ2) is 4.73. The van der Waals surface area contributed by atoms with E-state index in [1.165, 1.54) is 0 Å². The molecule has 0 spiro atoms. The van der Waals surface area contributed by atoms with Crippen molar-refractivity contribution in [1.29, 1.82) is 0 Å². The zero-order valence-corrected chi connectivity index (χ0v) is 6.59. The topological polar surface area (TPSA) is 63.6 Å². The first-order chi connectivity index (χ1) is 5.07. The Kier molecular flexibility index (Phi) is 4.29. The molecule has 0 aliphatic carbocycles. The summed E-state index contributed by atoms with van der Waals surface area (Å²) in [6.07, 6.45) is 0.583. The van der Waals surface area contributed by atoms with E-state index in [0.717, 1.165) is 0 Å². The van der Waals surface area contributed by atoms with Gasteiger partial charge in [0, 0.05) is 6.08 Å². The smallest absolute Gasteiger partial charge is 0.350 e. The molecule has 0 aliphatic heterocycles. The summed E-state index contributed by atoms with van der Waals surface area (Å²) < 4.78 is 4.40. The molecule has 0 bridgehead atoms. The minimum absolute atomic E-state index is 0.169. The molecule has 1 N–H and O–H groups in total. The zero-order chi connectivity index (χ0) is 8.85. The zero-order valence-electron chi connectivity index (χ0n) is 5.83. The van der Waals surface area contributed by atoms with Crippen LogP contribution in [0.2, 0.25) is 0 Å². The lowest BCUT2D eigenvalue weighted by molar-refractivity contribution is -0.138. The highest BCUT2D eigenvalue weighted by Crippen LogP contribution is 2.02. The average molecular weight is 179 g/mol. The normalized spacial score (nSPS) is 10.9. The highest BCUT2D eigenvalue weighted by molar-refractivity contribution is 6.42. The summed E-state index contributed by atoms with van der Waals surface area (Å²) in [6.45, 7) is 1.77. The molecule has 0 aliphatic rings. The van der Waals surface area contributed by atoms with Crippen molar-refractivity contribution in [3.63, 3.8) is 0 Å². The summed E-state index contributed by atoms with van der Waals surface area (Å²) in [6, 6.07) is 0. The van der Waals surface area contributed by atoms with Crippen LogP contribution in [0.5, 0.6) is 0 Å². The predicted molar refractivity (Wildman–Crippen MR) is 38.2 cm³/mol. The van der Waals surface area contributed by atoms with Crippen LogP contribution in [0.25, 0.3) is 0 Å². The van der Waals surface area contributed by atoms with Gasteiger partial charge in [-0.3, -0.25) is 0 Å². The molecule has 0 radical (unpaired) electrons. The molecule has 0 aromatic rings. The fourth-order valence-electron chi connectivity index (χ4n) is 0.367. The molecular weight excluding hydrogens is 172 g/mol. The molecule has 0 saturated carbocycles. The van der Waals surface area contributed by atoms with Crippen LogP contribution in [0, 0.1) is 0 Å². The molecule has 0 aromatic carbocycles. The van der Waals surface area contributed by atoms with Crippen LogP contribution in [0.3, 0.4) is 0 Å². The Morgan fingerprint density at radius 1 is 1.64 bits per heavy atom. The van der Waals surface area contributed by atoms with Crippen LogP contribution in [0.15, 0.2) is 11.1 Å². The lowest BCUT2D eigenvalue weighted by Crippen LogP contribution is -2.05. The molecule has 0 saturated heterocycles. The monoisotopic (exact) mass is 178 g/mol. The summed E-state index contributed by atoms with van der Waals surface area (Å²) >= 11 is 5.21. The van der Waals surface area contributed by atoms with Gasteiger partial charge in [0.1, 0.15) is 5.03 Å². The van der Waals surface area contributed by atoms with Gasteiger partial charge in [0.25, 0.3) is 0 Å². The molecule has 11 heavy (non-hydrogen) atoms. The summed E-state index contributed by atoms with van der Waals surface area (Å²) in [5.41, 5.74) is 0. The van der Waals surface area contributed by atoms with Crippen molar-refractivity contribution in [3.8, 4) is 0 Å². The molecule has 4 nitrogen and oxygen atoms in total. The van der Waals surface area contributed by atoms with E-state index in [9.17, 15) is 9.59 Å². The minimum Gasteiger partial charge on any atom is -0.478 e. The third-order valence-corrected chi connectivity index (χ3v) is 0.984. The minimum atomic E-state index is -1.27. The van der Waals surface area contributed by atoms with E-state index in [-0.39, 0.29) is 6.61 Å². The first kappa shape index (κ1) is 9.97. The largest absolute Gasteiger partial charge is 0.478 e. The third-order valence-electron chi connectivity index (χ3n) is 0.721. The maximum atomic E-state index is 10.6. The van der Waals surface area contributed by atoms with Crippen LogP contribution in [-0.4, -0.2) is 23.7 Å². The number of ether oxygens (including phenoxy) is 1. The van der Waals surface area contributed by atoms with Gasteiger partial charge < -0.3 is 9.84 Å². The van der Waals surface area contributed by atoms with Gasteiger partial charge in [-0.1, -0.05) is 11.6 Å². The maximum Gasteiger partial charge on any atom is 0.350 e. The average Bonchev–Trinajstić information content (AvgIpc) is 1.86. The number of halogens is 1. The summed E-state index contributed by atoms with van der Waals surface area (Å²) in [7, 11) is 0. The number of rotatable bonds is 3. The molecule has 0 heterocycles. The number of carboxylic acid groups (broad SMARTS) is 1. The van der Waals surface area contributed by atoms with Crippen LogP contribution < -0.4 is 0 Å². The lowest BCUT2D eigenvalue weighted by atomic mass is 10.5. The Bertz CT molecular complexity index is 197. The van der Waals surface area contributed by atoms with E-state index in [1.54, 1.807) is 6.92 Å². The van der Waals surface area contributed by atoms with Crippen LogP contribution in [0.1, 0.15) is 6.92 Å². The van der Waals surface area contributed by atoms with Crippen LogP contribution >= 0.6 is 11.6 Å². The van der Waals surface area contributed by atoms with Gasteiger partial charge >= 0.3 is 11.9 Å². The highest BCUT2D eigenvalue weighted by Gasteiger charge is 2.08. The quantitative estimate of drug-likeness (QED) is 0.512. The lowest BCUT2D eigenvalue weighted by Gasteiger charge is -1.96. The van der Waals surface area contributed by atoms with Crippen molar-refractivity contribution in [2.45, 2.75) is 6.92 Å². The first-order valence-corrected chi connectivity index (χ1v) is 3.23. The van der Waals surface area contributed by atoms with E-state index in [2.05, 4.69) is 4.74 Å². The predicted octanol–water partition coefficient (Wildman–Crippen LogP) is 0.757. The Labute approximate surface area is 68.4 Å². The van der Waals surface area contributed by atoms with E-state index >= 15 is 0 Å². The van der Waals surface area contributed by atoms with Crippen molar-refractivity contribution in [2.75, 3.05) is 6.61 Å². The van der Waals surface area contributed by atoms with Gasteiger partial charge in [0.05, 0.1) is 6.61 Å². The second-order valence-corrected chi connectivity index (χ2v) is 1.96. The van der Waals surface area contributed by atoms with Crippen molar-refractivity contribution in [1.82, 2.24) is 0 Å². The number of esters is 1. The second-order valence-electron chi connectivity index (χ2n) is 1.55. The van der Waals surface area contributed by atoms with Crippen molar-refractivity contribution in [3.05, 3.63) is 11.1 Å². The fourth-order valence-corrected chi connectivity index (χ4v) is 0.515. The molecule has 0 fully saturated rings. The number of carboxylic acids is 1. The summed E-state index contributed by atoms with van der Waals surface area (Å²) in [5, 5.41) is 7.70. The number of carbonyl (C=O) groups excluding carboxylic acids is 1. The third kappa shape index (κ3) is 4.38. The SMILES string of the molecule is CCOC(=O)C(Cl)=CC(=O)O. The van der Waals surface area contributed by atoms with Crippen molar-refractivity contribution < 1.29 is 19.4 Å². The van der Waals surface area contributed by atoms with E-state index in [1.807, 2.05) is 0 Å². The maximum absolute atomic E-state index is 10.6. The van der Waals surface area contributed by atoms with Crippen LogP contribution in [0.4, 0.5) is 0 Å². The Balaban J connectivity index is 4.12. The number of hydrogen-bond donors (Lipinski definition) is 1. The Morgan fingerprint density at radius 3 is 2.55 bits per heavy atom. The van der Waals surface area contributed by atoms with Gasteiger partial charge in [0.2, 0.25) is 0 Å². The fraction of sp³-hybridized carbons (Fsp3) is 0.333. The number of carbonyl (C=O) groups is 2. The molecule has 0 amide bonds. The van der Waals surface area contributed by atoms with Crippen LogP contribution in [-0.2, 0) is 14.3 Å². The van der Waals surface area contributed by atoms with Gasteiger partial charge in [-0.25, -0.2) is 9.59 Å². The standard InChI is InChI=1S/C6H7ClO4/c1-2-11-6(10)4(7)3-5(8)9/h3H,2H2,1H3,(H,8,9). The van der Waals surface area contributed by atoms with Gasteiger partial charge in [-0.15, -0.1) is 0 Å². The molecule has 0 atom stereocenters. The summed E-state index contributed by atoms with van der Waals surface area (Å²) in [4.78, 5) is 20.5. The van der Waals surface area contributed by atoms with E-state index in [0.29, 0.717) is 6.08 Å². The van der Waals surface area contributed by atoms with Gasteiger partial charge in [-0.2, -0.15) is 0 Å².